The lowest BCUT2D eigenvalue weighted by atomic mass is 10.1. The Labute approximate surface area is 95.1 Å². The number of hydrogen-bond acceptors (Lipinski definition) is 2. The van der Waals surface area contributed by atoms with Gasteiger partial charge in [-0.3, -0.25) is 4.79 Å². The molecule has 1 aromatic carbocycles. The molecule has 3 nitrogen and oxygen atoms in total. The molecular formula is C13H14N2O. The van der Waals surface area contributed by atoms with Crippen LogP contribution in [0.5, 0.6) is 0 Å². The maximum Gasteiger partial charge on any atom is 0.252 e. The number of nitrogens with one attached hydrogen (secondary N) is 1. The van der Waals surface area contributed by atoms with Gasteiger partial charge in [-0.2, -0.15) is 5.26 Å². The molecule has 1 aliphatic rings. The summed E-state index contributed by atoms with van der Waals surface area (Å²) in [6.45, 7) is 1.67. The van der Waals surface area contributed by atoms with Crippen molar-refractivity contribution >= 4 is 5.91 Å². The van der Waals surface area contributed by atoms with E-state index in [0.29, 0.717) is 5.56 Å². The highest BCUT2D eigenvalue weighted by molar-refractivity contribution is 5.94. The lowest BCUT2D eigenvalue weighted by Crippen LogP contribution is -2.31. The van der Waals surface area contributed by atoms with E-state index in [1.54, 1.807) is 6.92 Å². The number of benzene rings is 1. The smallest absolute Gasteiger partial charge is 0.252 e. The molecular weight excluding hydrogens is 200 g/mol. The highest BCUT2D eigenvalue weighted by Crippen LogP contribution is 2.22. The van der Waals surface area contributed by atoms with Gasteiger partial charge in [0.1, 0.15) is 6.04 Å². The van der Waals surface area contributed by atoms with Crippen LogP contribution in [0.25, 0.3) is 0 Å². The summed E-state index contributed by atoms with van der Waals surface area (Å²) < 4.78 is 0. The average molecular weight is 214 g/mol. The Morgan fingerprint density at radius 1 is 1.44 bits per heavy atom. The zero-order chi connectivity index (χ0) is 11.5. The third-order valence-corrected chi connectivity index (χ3v) is 2.90. The molecule has 16 heavy (non-hydrogen) atoms. The number of aryl methyl sites for hydroxylation is 2. The molecule has 3 heteroatoms. The van der Waals surface area contributed by atoms with Gasteiger partial charge in [-0.25, -0.2) is 0 Å². The SMILES string of the molecule is CC(C#N)NC(=O)c1ccc2c(c1)CCC2. The predicted octanol–water partition coefficient (Wildman–Crippen LogP) is 1.82. The Balaban J connectivity index is 2.16. The summed E-state index contributed by atoms with van der Waals surface area (Å²) in [5.74, 6) is -0.163. The lowest BCUT2D eigenvalue weighted by molar-refractivity contribution is 0.0947. The highest BCUT2D eigenvalue weighted by atomic mass is 16.1. The average Bonchev–Trinajstić information content (AvgIpc) is 2.75. The monoisotopic (exact) mass is 214 g/mol. The molecule has 1 unspecified atom stereocenters. The number of hydrogen-bond donors (Lipinski definition) is 1. The Morgan fingerprint density at radius 2 is 2.19 bits per heavy atom. The van der Waals surface area contributed by atoms with Crippen molar-refractivity contribution in [1.82, 2.24) is 5.32 Å². The number of carbonyl (C=O) groups is 1. The number of nitrogens with zero attached hydrogens (tertiary/aromatic N) is 1. The summed E-state index contributed by atoms with van der Waals surface area (Å²) in [5, 5.41) is 11.3. The van der Waals surface area contributed by atoms with E-state index in [1.165, 1.54) is 17.5 Å². The second-order valence-corrected chi connectivity index (χ2v) is 4.16. The molecule has 0 aromatic heterocycles. The second-order valence-electron chi connectivity index (χ2n) is 4.16. The zero-order valence-electron chi connectivity index (χ0n) is 9.29. The summed E-state index contributed by atoms with van der Waals surface area (Å²) >= 11 is 0. The minimum Gasteiger partial charge on any atom is -0.337 e. The summed E-state index contributed by atoms with van der Waals surface area (Å²) in [5.41, 5.74) is 3.28. The second kappa shape index (κ2) is 4.36. The predicted molar refractivity (Wildman–Crippen MR) is 61.0 cm³/mol. The first-order valence-electron chi connectivity index (χ1n) is 5.53. The number of nitriles is 1. The van der Waals surface area contributed by atoms with Crippen molar-refractivity contribution in [2.45, 2.75) is 32.2 Å². The van der Waals surface area contributed by atoms with Crippen LogP contribution in [0.15, 0.2) is 18.2 Å². The molecule has 0 saturated heterocycles. The van der Waals surface area contributed by atoms with Gasteiger partial charge in [0.15, 0.2) is 0 Å². The van der Waals surface area contributed by atoms with E-state index in [-0.39, 0.29) is 5.91 Å². The van der Waals surface area contributed by atoms with Crippen molar-refractivity contribution in [3.8, 4) is 6.07 Å². The molecule has 1 amide bonds. The molecule has 0 spiro atoms. The first-order chi connectivity index (χ1) is 7.70. The lowest BCUT2D eigenvalue weighted by Gasteiger charge is -2.07. The number of amides is 1. The Morgan fingerprint density at radius 3 is 2.94 bits per heavy atom. The number of fused-ring (bicyclic) bond motifs is 1. The van der Waals surface area contributed by atoms with E-state index in [1.807, 2.05) is 24.3 Å². The molecule has 0 fully saturated rings. The zero-order valence-corrected chi connectivity index (χ0v) is 9.29. The first-order valence-corrected chi connectivity index (χ1v) is 5.53. The van der Waals surface area contributed by atoms with Gasteiger partial charge in [0.2, 0.25) is 0 Å². The Bertz CT molecular complexity index is 459. The summed E-state index contributed by atoms with van der Waals surface area (Å²) in [7, 11) is 0. The van der Waals surface area contributed by atoms with Gasteiger partial charge in [0.25, 0.3) is 5.91 Å². The van der Waals surface area contributed by atoms with Crippen molar-refractivity contribution in [1.29, 1.82) is 5.26 Å². The molecule has 0 radical (unpaired) electrons. The Kier molecular flexibility index (Phi) is 2.91. The van der Waals surface area contributed by atoms with Gasteiger partial charge in [-0.1, -0.05) is 6.07 Å². The van der Waals surface area contributed by atoms with Crippen LogP contribution < -0.4 is 5.32 Å². The van der Waals surface area contributed by atoms with Crippen LogP contribution in [0.3, 0.4) is 0 Å². The highest BCUT2D eigenvalue weighted by Gasteiger charge is 2.14. The normalized spacial score (nSPS) is 15.0. The summed E-state index contributed by atoms with van der Waals surface area (Å²) in [6, 6.07) is 7.35. The topological polar surface area (TPSA) is 52.9 Å². The molecule has 82 valence electrons. The quantitative estimate of drug-likeness (QED) is 0.816. The summed E-state index contributed by atoms with van der Waals surface area (Å²) in [6.07, 6.45) is 3.35. The number of carbonyl (C=O) groups excluding carboxylic acids is 1. The fraction of sp³-hybridized carbons (Fsp3) is 0.385. The maximum atomic E-state index is 11.8. The fourth-order valence-electron chi connectivity index (χ4n) is 2.03. The van der Waals surface area contributed by atoms with Crippen molar-refractivity contribution in [2.24, 2.45) is 0 Å². The Hall–Kier alpha value is -1.82. The van der Waals surface area contributed by atoms with Crippen molar-refractivity contribution in [3.05, 3.63) is 34.9 Å². The molecule has 0 bridgehead atoms. The van der Waals surface area contributed by atoms with Gasteiger partial charge in [-0.05, 0) is 49.4 Å². The van der Waals surface area contributed by atoms with Gasteiger partial charge in [0.05, 0.1) is 6.07 Å². The van der Waals surface area contributed by atoms with Gasteiger partial charge in [-0.15, -0.1) is 0 Å². The summed E-state index contributed by atoms with van der Waals surface area (Å²) in [4.78, 5) is 11.8. The largest absolute Gasteiger partial charge is 0.337 e. The van der Waals surface area contributed by atoms with E-state index in [9.17, 15) is 4.79 Å². The molecule has 1 aromatic rings. The van der Waals surface area contributed by atoms with Crippen LogP contribution in [-0.2, 0) is 12.8 Å². The molecule has 1 aliphatic carbocycles. The van der Waals surface area contributed by atoms with Crippen LogP contribution in [0.1, 0.15) is 34.8 Å². The van der Waals surface area contributed by atoms with Gasteiger partial charge < -0.3 is 5.32 Å². The molecule has 2 rings (SSSR count). The van der Waals surface area contributed by atoms with Gasteiger partial charge >= 0.3 is 0 Å². The van der Waals surface area contributed by atoms with Crippen molar-refractivity contribution in [2.75, 3.05) is 0 Å². The number of rotatable bonds is 2. The van der Waals surface area contributed by atoms with E-state index in [2.05, 4.69) is 5.32 Å². The molecule has 0 saturated carbocycles. The van der Waals surface area contributed by atoms with Crippen LogP contribution in [0.4, 0.5) is 0 Å². The van der Waals surface area contributed by atoms with Crippen LogP contribution >= 0.6 is 0 Å². The first kappa shape index (κ1) is 10.7. The maximum absolute atomic E-state index is 11.8. The van der Waals surface area contributed by atoms with Crippen LogP contribution in [0.2, 0.25) is 0 Å². The van der Waals surface area contributed by atoms with Gasteiger partial charge in [0, 0.05) is 5.56 Å². The molecule has 1 N–H and O–H groups in total. The molecule has 0 heterocycles. The van der Waals surface area contributed by atoms with E-state index in [0.717, 1.165) is 12.8 Å². The fourth-order valence-corrected chi connectivity index (χ4v) is 2.03. The van der Waals surface area contributed by atoms with Crippen molar-refractivity contribution in [3.63, 3.8) is 0 Å². The van der Waals surface area contributed by atoms with E-state index in [4.69, 9.17) is 5.26 Å². The standard InChI is InChI=1S/C13H14N2O/c1-9(8-14)15-13(16)12-6-5-10-3-2-4-11(10)7-12/h5-7,9H,2-4H2,1H3,(H,15,16). The minimum absolute atomic E-state index is 0.163. The van der Waals surface area contributed by atoms with E-state index >= 15 is 0 Å². The third kappa shape index (κ3) is 2.06. The van der Waals surface area contributed by atoms with Crippen LogP contribution in [-0.4, -0.2) is 11.9 Å². The van der Waals surface area contributed by atoms with E-state index < -0.39 is 6.04 Å². The van der Waals surface area contributed by atoms with Crippen LogP contribution in [0, 0.1) is 11.3 Å². The third-order valence-electron chi connectivity index (χ3n) is 2.90. The minimum atomic E-state index is -0.444. The van der Waals surface area contributed by atoms with Crippen molar-refractivity contribution < 1.29 is 4.79 Å². The molecule has 0 aliphatic heterocycles. The molecule has 1 atom stereocenters.